The number of nitrogens with one attached hydrogen (secondary N) is 1. The number of nitrogens with zero attached hydrogens (tertiary/aromatic N) is 3. The third-order valence-electron chi connectivity index (χ3n) is 5.99. The Bertz CT molecular complexity index is 649. The molecule has 0 saturated heterocycles. The van der Waals surface area contributed by atoms with Gasteiger partial charge >= 0.3 is 0 Å². The normalized spacial score (nSPS) is 20.5. The minimum absolute atomic E-state index is 0.638. The molecule has 2 aliphatic carbocycles. The van der Waals surface area contributed by atoms with Crippen molar-refractivity contribution in [3.63, 3.8) is 0 Å². The number of imidazole rings is 1. The van der Waals surface area contributed by atoms with Crippen LogP contribution in [0.4, 0.5) is 5.82 Å². The van der Waals surface area contributed by atoms with Gasteiger partial charge < -0.3 is 9.72 Å². The highest BCUT2D eigenvalue weighted by molar-refractivity contribution is 5.62. The first-order chi connectivity index (χ1) is 11.9. The van der Waals surface area contributed by atoms with Crippen LogP contribution in [0.25, 0.3) is 5.65 Å². The lowest BCUT2D eigenvalue weighted by molar-refractivity contribution is 0.439. The van der Waals surface area contributed by atoms with E-state index in [0.29, 0.717) is 5.92 Å². The molecule has 0 radical (unpaired) electrons. The van der Waals surface area contributed by atoms with Crippen molar-refractivity contribution in [2.75, 3.05) is 11.9 Å². The number of fused-ring (bicyclic) bond motifs is 1. The number of aromatic nitrogens is 3. The van der Waals surface area contributed by atoms with Crippen molar-refractivity contribution in [1.82, 2.24) is 14.4 Å². The Morgan fingerprint density at radius 3 is 2.54 bits per heavy atom. The molecule has 0 spiro atoms. The van der Waals surface area contributed by atoms with E-state index < -0.39 is 0 Å². The van der Waals surface area contributed by atoms with Crippen LogP contribution in [0.1, 0.15) is 82.2 Å². The Balaban J connectivity index is 1.45. The van der Waals surface area contributed by atoms with Crippen molar-refractivity contribution < 1.29 is 0 Å². The second-order valence-corrected chi connectivity index (χ2v) is 7.73. The molecule has 2 aromatic rings. The van der Waals surface area contributed by atoms with Crippen molar-refractivity contribution in [2.24, 2.45) is 5.92 Å². The maximum Gasteiger partial charge on any atom is 0.180 e. The summed E-state index contributed by atoms with van der Waals surface area (Å²) in [5.74, 6) is 2.52. The van der Waals surface area contributed by atoms with E-state index in [2.05, 4.69) is 20.9 Å². The molecule has 0 atom stereocenters. The SMILES string of the molecule is c1cn2cc(C3CCCC3)nc(NCCC3CCCCCC3)c2n1. The van der Waals surface area contributed by atoms with E-state index in [1.807, 2.05) is 12.4 Å². The lowest BCUT2D eigenvalue weighted by atomic mass is 9.97. The molecule has 2 aliphatic rings. The van der Waals surface area contributed by atoms with Crippen molar-refractivity contribution in [3.05, 3.63) is 24.3 Å². The Morgan fingerprint density at radius 2 is 1.75 bits per heavy atom. The molecule has 2 saturated carbocycles. The molecule has 0 unspecified atom stereocenters. The molecule has 0 amide bonds. The van der Waals surface area contributed by atoms with Gasteiger partial charge in [0.05, 0.1) is 5.69 Å². The molecule has 0 aromatic carbocycles. The van der Waals surface area contributed by atoms with Crippen molar-refractivity contribution in [1.29, 1.82) is 0 Å². The molecule has 0 bridgehead atoms. The van der Waals surface area contributed by atoms with E-state index in [4.69, 9.17) is 4.98 Å². The van der Waals surface area contributed by atoms with Gasteiger partial charge in [-0.2, -0.15) is 0 Å². The topological polar surface area (TPSA) is 42.2 Å². The van der Waals surface area contributed by atoms with E-state index in [9.17, 15) is 0 Å². The second kappa shape index (κ2) is 7.54. The molecule has 0 aliphatic heterocycles. The molecular formula is C20H30N4. The first kappa shape index (κ1) is 15.9. The molecule has 4 nitrogen and oxygen atoms in total. The predicted octanol–water partition coefficient (Wildman–Crippen LogP) is 5.16. The summed E-state index contributed by atoms with van der Waals surface area (Å²) >= 11 is 0. The number of hydrogen-bond acceptors (Lipinski definition) is 3. The zero-order chi connectivity index (χ0) is 16.2. The molecule has 130 valence electrons. The van der Waals surface area contributed by atoms with E-state index in [0.717, 1.165) is 23.9 Å². The lowest BCUT2D eigenvalue weighted by Gasteiger charge is -2.16. The van der Waals surface area contributed by atoms with Crippen LogP contribution in [-0.4, -0.2) is 20.9 Å². The number of anilines is 1. The molecule has 2 heterocycles. The summed E-state index contributed by atoms with van der Waals surface area (Å²) in [5.41, 5.74) is 2.22. The van der Waals surface area contributed by atoms with E-state index in [-0.39, 0.29) is 0 Å². The van der Waals surface area contributed by atoms with E-state index in [1.165, 1.54) is 76.3 Å². The molecule has 2 aromatic heterocycles. The van der Waals surface area contributed by atoms with E-state index >= 15 is 0 Å². The van der Waals surface area contributed by atoms with Gasteiger partial charge in [0.25, 0.3) is 0 Å². The highest BCUT2D eigenvalue weighted by Crippen LogP contribution is 2.34. The summed E-state index contributed by atoms with van der Waals surface area (Å²) in [6.45, 7) is 1.02. The van der Waals surface area contributed by atoms with Gasteiger partial charge in [-0.05, 0) is 25.2 Å². The summed E-state index contributed by atoms with van der Waals surface area (Å²) in [6, 6.07) is 0. The second-order valence-electron chi connectivity index (χ2n) is 7.73. The van der Waals surface area contributed by atoms with Gasteiger partial charge in [0, 0.05) is 31.1 Å². The standard InChI is InChI=1S/C20H30N4/c1-2-4-8-16(7-3-1)11-12-21-19-20-22-13-14-24(20)15-18(23-19)17-9-5-6-10-17/h13-17H,1-12H2,(H,21,23). The fourth-order valence-corrected chi connectivity index (χ4v) is 4.54. The molecular weight excluding hydrogens is 296 g/mol. The van der Waals surface area contributed by atoms with Crippen LogP contribution in [0.5, 0.6) is 0 Å². The van der Waals surface area contributed by atoms with Crippen LogP contribution in [0.3, 0.4) is 0 Å². The van der Waals surface area contributed by atoms with Crippen molar-refractivity contribution in [2.45, 2.75) is 76.5 Å². The minimum Gasteiger partial charge on any atom is -0.367 e. The highest BCUT2D eigenvalue weighted by Gasteiger charge is 2.20. The van der Waals surface area contributed by atoms with Crippen LogP contribution in [0, 0.1) is 5.92 Å². The van der Waals surface area contributed by atoms with Crippen LogP contribution in [-0.2, 0) is 0 Å². The van der Waals surface area contributed by atoms with Gasteiger partial charge in [-0.15, -0.1) is 0 Å². The monoisotopic (exact) mass is 326 g/mol. The van der Waals surface area contributed by atoms with Crippen molar-refractivity contribution >= 4 is 11.5 Å². The zero-order valence-electron chi connectivity index (χ0n) is 14.7. The van der Waals surface area contributed by atoms with Gasteiger partial charge in [0.15, 0.2) is 11.5 Å². The summed E-state index contributed by atoms with van der Waals surface area (Å²) in [5, 5.41) is 3.61. The molecule has 1 N–H and O–H groups in total. The summed E-state index contributed by atoms with van der Waals surface area (Å²) in [7, 11) is 0. The highest BCUT2D eigenvalue weighted by atomic mass is 15.1. The quantitative estimate of drug-likeness (QED) is 0.772. The van der Waals surface area contributed by atoms with Gasteiger partial charge in [-0.25, -0.2) is 9.97 Å². The summed E-state index contributed by atoms with van der Waals surface area (Å²) < 4.78 is 2.15. The lowest BCUT2D eigenvalue weighted by Crippen LogP contribution is -2.12. The average Bonchev–Trinajstić information content (AvgIpc) is 3.23. The Labute approximate surface area is 145 Å². The molecule has 2 fully saturated rings. The first-order valence-electron chi connectivity index (χ1n) is 9.97. The molecule has 4 heteroatoms. The summed E-state index contributed by atoms with van der Waals surface area (Å²) in [4.78, 5) is 9.47. The smallest absolute Gasteiger partial charge is 0.180 e. The number of hydrogen-bond donors (Lipinski definition) is 1. The maximum atomic E-state index is 4.96. The van der Waals surface area contributed by atoms with Gasteiger partial charge in [0.2, 0.25) is 0 Å². The van der Waals surface area contributed by atoms with E-state index in [1.54, 1.807) is 0 Å². The molecule has 4 rings (SSSR count). The van der Waals surface area contributed by atoms with Gasteiger partial charge in [-0.1, -0.05) is 51.4 Å². The van der Waals surface area contributed by atoms with Crippen LogP contribution < -0.4 is 5.32 Å². The Morgan fingerprint density at radius 1 is 1.00 bits per heavy atom. The average molecular weight is 326 g/mol. The molecule has 24 heavy (non-hydrogen) atoms. The van der Waals surface area contributed by atoms with Crippen LogP contribution in [0.15, 0.2) is 18.6 Å². The Kier molecular flexibility index (Phi) is 5.00. The Hall–Kier alpha value is -1.58. The fourth-order valence-electron chi connectivity index (χ4n) is 4.54. The third kappa shape index (κ3) is 3.57. The predicted molar refractivity (Wildman–Crippen MR) is 98.5 cm³/mol. The number of rotatable bonds is 5. The largest absolute Gasteiger partial charge is 0.367 e. The van der Waals surface area contributed by atoms with Crippen LogP contribution in [0.2, 0.25) is 0 Å². The maximum absolute atomic E-state index is 4.96. The van der Waals surface area contributed by atoms with Crippen molar-refractivity contribution in [3.8, 4) is 0 Å². The zero-order valence-corrected chi connectivity index (χ0v) is 14.7. The first-order valence-corrected chi connectivity index (χ1v) is 9.97. The van der Waals surface area contributed by atoms with Gasteiger partial charge in [0.1, 0.15) is 0 Å². The minimum atomic E-state index is 0.638. The fraction of sp³-hybridized carbons (Fsp3) is 0.700. The van der Waals surface area contributed by atoms with Crippen LogP contribution >= 0.6 is 0 Å². The summed E-state index contributed by atoms with van der Waals surface area (Å²) in [6.07, 6.45) is 21.2. The van der Waals surface area contributed by atoms with Gasteiger partial charge in [-0.3, -0.25) is 0 Å². The third-order valence-corrected chi connectivity index (χ3v) is 5.99.